The van der Waals surface area contributed by atoms with E-state index in [1.165, 1.54) is 0 Å². The summed E-state index contributed by atoms with van der Waals surface area (Å²) in [6, 6.07) is 13.1. The second-order valence-corrected chi connectivity index (χ2v) is 9.08. The summed E-state index contributed by atoms with van der Waals surface area (Å²) in [5, 5.41) is 8.64. The van der Waals surface area contributed by atoms with E-state index < -0.39 is 10.0 Å². The van der Waals surface area contributed by atoms with Crippen LogP contribution in [-0.2, 0) is 10.0 Å². The van der Waals surface area contributed by atoms with Gasteiger partial charge < -0.3 is 4.90 Å². The predicted octanol–water partition coefficient (Wildman–Crippen LogP) is 2.67. The van der Waals surface area contributed by atoms with Crippen LogP contribution in [0, 0.1) is 13.8 Å². The zero-order valence-electron chi connectivity index (χ0n) is 16.5. The van der Waals surface area contributed by atoms with Gasteiger partial charge in [0.25, 0.3) is 0 Å². The second-order valence-electron chi connectivity index (χ2n) is 7.17. The molecular weight excluding hydrogens is 386 g/mol. The first-order valence-electron chi connectivity index (χ1n) is 9.51. The lowest BCUT2D eigenvalue weighted by Crippen LogP contribution is -2.49. The number of hydrogen-bond acceptors (Lipinski definition) is 6. The van der Waals surface area contributed by atoms with E-state index >= 15 is 0 Å². The van der Waals surface area contributed by atoms with Crippen molar-refractivity contribution in [3.8, 4) is 11.3 Å². The highest BCUT2D eigenvalue weighted by molar-refractivity contribution is 7.89. The smallest absolute Gasteiger partial charge is 0.243 e. The molecule has 1 aliphatic heterocycles. The Kier molecular flexibility index (Phi) is 5.29. The monoisotopic (exact) mass is 409 g/mol. The molecule has 0 bridgehead atoms. The Morgan fingerprint density at radius 2 is 1.59 bits per heavy atom. The third-order valence-corrected chi connectivity index (χ3v) is 7.20. The molecule has 7 nitrogen and oxygen atoms in total. The third kappa shape index (κ3) is 3.99. The molecule has 4 rings (SSSR count). The van der Waals surface area contributed by atoms with Gasteiger partial charge in [-0.2, -0.15) is 4.31 Å². The molecule has 150 valence electrons. The number of rotatable bonds is 4. The summed E-state index contributed by atoms with van der Waals surface area (Å²) >= 11 is 0. The molecule has 0 amide bonds. The average molecular weight is 410 g/mol. The highest BCUT2D eigenvalue weighted by Gasteiger charge is 2.30. The van der Waals surface area contributed by atoms with Gasteiger partial charge in [0.2, 0.25) is 10.0 Å². The van der Waals surface area contributed by atoms with Crippen LogP contribution < -0.4 is 4.90 Å². The van der Waals surface area contributed by atoms with E-state index in [0.717, 1.165) is 28.2 Å². The van der Waals surface area contributed by atoms with Crippen LogP contribution in [-0.4, -0.2) is 54.1 Å². The second kappa shape index (κ2) is 7.88. The maximum Gasteiger partial charge on any atom is 0.243 e. The number of aryl methyl sites for hydroxylation is 2. The summed E-state index contributed by atoms with van der Waals surface area (Å²) < 4.78 is 27.6. The number of pyridine rings is 1. The fourth-order valence-corrected chi connectivity index (χ4v) is 5.18. The molecule has 0 unspecified atom stereocenters. The van der Waals surface area contributed by atoms with Gasteiger partial charge in [0.15, 0.2) is 5.82 Å². The fourth-order valence-electron chi connectivity index (χ4n) is 3.56. The lowest BCUT2D eigenvalue weighted by molar-refractivity contribution is 0.383. The first kappa shape index (κ1) is 19.5. The van der Waals surface area contributed by atoms with Crippen LogP contribution in [0.3, 0.4) is 0 Å². The molecule has 0 saturated carbocycles. The summed E-state index contributed by atoms with van der Waals surface area (Å²) in [5.74, 6) is 0.756. The first-order chi connectivity index (χ1) is 13.9. The van der Waals surface area contributed by atoms with Crippen LogP contribution in [0.1, 0.15) is 11.1 Å². The van der Waals surface area contributed by atoms with E-state index in [1.54, 1.807) is 22.8 Å². The topological polar surface area (TPSA) is 79.3 Å². The van der Waals surface area contributed by atoms with Gasteiger partial charge in [-0.25, -0.2) is 8.42 Å². The van der Waals surface area contributed by atoms with Crippen LogP contribution in [0.25, 0.3) is 11.3 Å². The van der Waals surface area contributed by atoms with Gasteiger partial charge in [0, 0.05) is 44.1 Å². The molecule has 29 heavy (non-hydrogen) atoms. The Morgan fingerprint density at radius 1 is 0.862 bits per heavy atom. The van der Waals surface area contributed by atoms with E-state index in [4.69, 9.17) is 0 Å². The number of nitrogens with zero attached hydrogens (tertiary/aromatic N) is 5. The van der Waals surface area contributed by atoms with Gasteiger partial charge in [-0.1, -0.05) is 17.7 Å². The molecule has 8 heteroatoms. The van der Waals surface area contributed by atoms with Crippen molar-refractivity contribution in [1.82, 2.24) is 19.5 Å². The summed E-state index contributed by atoms with van der Waals surface area (Å²) in [5.41, 5.74) is 3.58. The van der Waals surface area contributed by atoms with E-state index in [-0.39, 0.29) is 0 Å². The van der Waals surface area contributed by atoms with Crippen molar-refractivity contribution in [3.63, 3.8) is 0 Å². The molecule has 0 aliphatic carbocycles. The van der Waals surface area contributed by atoms with Crippen molar-refractivity contribution in [2.75, 3.05) is 31.1 Å². The Balaban J connectivity index is 1.45. The molecule has 3 heterocycles. The van der Waals surface area contributed by atoms with E-state index in [2.05, 4.69) is 20.1 Å². The Labute approximate surface area is 171 Å². The predicted molar refractivity (Wildman–Crippen MR) is 112 cm³/mol. The van der Waals surface area contributed by atoms with E-state index in [9.17, 15) is 8.42 Å². The standard InChI is InChI=1S/C21H23N5O2S/c1-16-3-5-20(17(2)15-16)29(27,28)26-13-11-25(12-14-26)21-6-4-19(23-24-21)18-7-9-22-10-8-18/h3-10,15H,11-14H2,1-2H3. The summed E-state index contributed by atoms with van der Waals surface area (Å²) in [6.45, 7) is 5.80. The summed E-state index contributed by atoms with van der Waals surface area (Å²) in [7, 11) is -3.49. The fraction of sp³-hybridized carbons (Fsp3) is 0.286. The zero-order chi connectivity index (χ0) is 20.4. The van der Waals surface area contributed by atoms with Crippen molar-refractivity contribution in [2.45, 2.75) is 18.7 Å². The molecule has 0 atom stereocenters. The van der Waals surface area contributed by atoms with Crippen LogP contribution in [0.4, 0.5) is 5.82 Å². The average Bonchev–Trinajstić information content (AvgIpc) is 2.74. The number of aromatic nitrogens is 3. The molecule has 1 fully saturated rings. The van der Waals surface area contributed by atoms with Gasteiger partial charge in [-0.3, -0.25) is 4.98 Å². The van der Waals surface area contributed by atoms with E-state index in [1.807, 2.05) is 50.2 Å². The molecule has 0 N–H and O–H groups in total. The van der Waals surface area contributed by atoms with Crippen molar-refractivity contribution in [1.29, 1.82) is 0 Å². The van der Waals surface area contributed by atoms with Crippen LogP contribution >= 0.6 is 0 Å². The van der Waals surface area contributed by atoms with Crippen LogP contribution in [0.5, 0.6) is 0 Å². The lowest BCUT2D eigenvalue weighted by atomic mass is 10.2. The quantitative estimate of drug-likeness (QED) is 0.659. The highest BCUT2D eigenvalue weighted by atomic mass is 32.2. The molecule has 0 radical (unpaired) electrons. The molecule has 1 aromatic carbocycles. The minimum atomic E-state index is -3.49. The lowest BCUT2D eigenvalue weighted by Gasteiger charge is -2.34. The van der Waals surface area contributed by atoms with Crippen molar-refractivity contribution < 1.29 is 8.42 Å². The molecule has 0 spiro atoms. The highest BCUT2D eigenvalue weighted by Crippen LogP contribution is 2.24. The molecule has 3 aromatic rings. The van der Waals surface area contributed by atoms with Gasteiger partial charge in [0.05, 0.1) is 10.6 Å². The molecule has 1 aliphatic rings. The van der Waals surface area contributed by atoms with Gasteiger partial charge in [-0.15, -0.1) is 10.2 Å². The van der Waals surface area contributed by atoms with Gasteiger partial charge in [0.1, 0.15) is 0 Å². The van der Waals surface area contributed by atoms with Crippen molar-refractivity contribution in [2.24, 2.45) is 0 Å². The Bertz CT molecular complexity index is 1090. The third-order valence-electron chi connectivity index (χ3n) is 5.14. The number of piperazine rings is 1. The summed E-state index contributed by atoms with van der Waals surface area (Å²) in [6.07, 6.45) is 3.45. The van der Waals surface area contributed by atoms with Gasteiger partial charge >= 0.3 is 0 Å². The largest absolute Gasteiger partial charge is 0.352 e. The number of anilines is 1. The molecule has 1 saturated heterocycles. The minimum Gasteiger partial charge on any atom is -0.352 e. The Morgan fingerprint density at radius 3 is 2.21 bits per heavy atom. The SMILES string of the molecule is Cc1ccc(S(=O)(=O)N2CCN(c3ccc(-c4ccncc4)nn3)CC2)c(C)c1. The maximum absolute atomic E-state index is 13.0. The minimum absolute atomic E-state index is 0.387. The normalized spacial score (nSPS) is 15.4. The first-order valence-corrected chi connectivity index (χ1v) is 11.0. The number of sulfonamides is 1. The van der Waals surface area contributed by atoms with Gasteiger partial charge in [-0.05, 0) is 49.7 Å². The maximum atomic E-state index is 13.0. The molecular formula is C21H23N5O2S. The summed E-state index contributed by atoms with van der Waals surface area (Å²) in [4.78, 5) is 6.46. The van der Waals surface area contributed by atoms with Crippen molar-refractivity contribution >= 4 is 15.8 Å². The zero-order valence-corrected chi connectivity index (χ0v) is 17.3. The molecule has 2 aromatic heterocycles. The van der Waals surface area contributed by atoms with Crippen LogP contribution in [0.15, 0.2) is 59.8 Å². The number of benzene rings is 1. The number of hydrogen-bond donors (Lipinski definition) is 0. The van der Waals surface area contributed by atoms with Crippen LogP contribution in [0.2, 0.25) is 0 Å². The van der Waals surface area contributed by atoms with E-state index in [0.29, 0.717) is 31.1 Å². The van der Waals surface area contributed by atoms with Crippen molar-refractivity contribution in [3.05, 3.63) is 66.0 Å². The Hall–Kier alpha value is -2.84.